The Morgan fingerprint density at radius 3 is 1.62 bits per heavy atom. The molecule has 39 heavy (non-hydrogen) atoms. The normalized spacial score (nSPS) is 16.2. The van der Waals surface area contributed by atoms with Crippen LogP contribution in [0, 0.1) is 11.8 Å². The number of ether oxygens (including phenoxy) is 1. The molecule has 4 atom stereocenters. The van der Waals surface area contributed by atoms with Crippen LogP contribution in [-0.2, 0) is 10.3 Å². The first kappa shape index (κ1) is 30.9. The minimum Gasteiger partial charge on any atom is -0.388 e. The van der Waals surface area contributed by atoms with Crippen LogP contribution in [0.25, 0.3) is 0 Å². The average molecular weight is 543 g/mol. The molecule has 1 N–H and O–H groups in total. The highest BCUT2D eigenvalue weighted by Crippen LogP contribution is 2.41. The van der Waals surface area contributed by atoms with Gasteiger partial charge in [0.05, 0.1) is 12.7 Å². The molecule has 0 aliphatic heterocycles. The summed E-state index contributed by atoms with van der Waals surface area (Å²) >= 11 is 1.91. The molecule has 0 aliphatic rings. The van der Waals surface area contributed by atoms with Crippen molar-refractivity contribution in [3.63, 3.8) is 0 Å². The molecule has 0 aromatic heterocycles. The molecule has 3 aromatic rings. The summed E-state index contributed by atoms with van der Waals surface area (Å²) in [4.78, 5) is 0. The van der Waals surface area contributed by atoms with Crippen molar-refractivity contribution >= 4 is 11.8 Å². The third-order valence-electron chi connectivity index (χ3n) is 7.16. The zero-order valence-electron chi connectivity index (χ0n) is 24.7. The van der Waals surface area contributed by atoms with E-state index in [1.165, 1.54) is 0 Å². The highest BCUT2D eigenvalue weighted by Gasteiger charge is 2.37. The van der Waals surface area contributed by atoms with Crippen LogP contribution in [0.4, 0.5) is 0 Å². The van der Waals surface area contributed by atoms with Gasteiger partial charge in [0.25, 0.3) is 0 Å². The van der Waals surface area contributed by atoms with Crippen molar-refractivity contribution in [1.29, 1.82) is 0 Å². The first-order valence-electron chi connectivity index (χ1n) is 14.1. The fourth-order valence-electron chi connectivity index (χ4n) is 4.87. The second-order valence-corrected chi connectivity index (χ2v) is 13.5. The van der Waals surface area contributed by atoms with Crippen molar-refractivity contribution < 1.29 is 9.84 Å². The van der Waals surface area contributed by atoms with Gasteiger partial charge in [0.2, 0.25) is 0 Å². The molecule has 3 heteroatoms. The summed E-state index contributed by atoms with van der Waals surface area (Å²) in [5, 5.41) is 11.1. The molecule has 2 nitrogen and oxygen atoms in total. The van der Waals surface area contributed by atoms with Crippen LogP contribution in [0.15, 0.2) is 115 Å². The second kappa shape index (κ2) is 14.2. The maximum absolute atomic E-state index is 11.0. The summed E-state index contributed by atoms with van der Waals surface area (Å²) < 4.78 is 7.11. The third kappa shape index (κ3) is 8.20. The summed E-state index contributed by atoms with van der Waals surface area (Å²) in [6, 6.07) is 31.6. The highest BCUT2D eigenvalue weighted by molar-refractivity contribution is 8.01. The molecule has 0 bridgehead atoms. The Hall–Kier alpha value is -2.59. The molecule has 3 aromatic carbocycles. The SMILES string of the molecule is C/C=C(\C)[C@@H](O)[C@@H](C)[C@H](/C=C/[C@@H](C)COC(c1ccccc1)(c1ccccc1)c1ccccc1)SC(C)(C)C. The van der Waals surface area contributed by atoms with Gasteiger partial charge in [-0.05, 0) is 42.0 Å². The smallest absolute Gasteiger partial charge is 0.143 e. The summed E-state index contributed by atoms with van der Waals surface area (Å²) in [7, 11) is 0. The van der Waals surface area contributed by atoms with Gasteiger partial charge in [-0.1, -0.05) is 144 Å². The molecule has 3 rings (SSSR count). The maximum atomic E-state index is 11.0. The lowest BCUT2D eigenvalue weighted by molar-refractivity contribution is 0.00180. The number of aliphatic hydroxyl groups excluding tert-OH is 1. The predicted octanol–water partition coefficient (Wildman–Crippen LogP) is 9.05. The van der Waals surface area contributed by atoms with Crippen molar-refractivity contribution in [2.75, 3.05) is 6.61 Å². The molecule has 0 saturated heterocycles. The van der Waals surface area contributed by atoms with Gasteiger partial charge in [-0.3, -0.25) is 0 Å². The number of hydrogen-bond donors (Lipinski definition) is 1. The maximum Gasteiger partial charge on any atom is 0.143 e. The zero-order chi connectivity index (χ0) is 28.5. The summed E-state index contributed by atoms with van der Waals surface area (Å²) in [5.74, 6) is 0.266. The molecule has 0 saturated carbocycles. The van der Waals surface area contributed by atoms with E-state index in [9.17, 15) is 5.11 Å². The molecular formula is C36H46O2S. The lowest BCUT2D eigenvalue weighted by Crippen LogP contribution is -2.34. The van der Waals surface area contributed by atoms with Gasteiger partial charge in [-0.15, -0.1) is 11.8 Å². The summed E-state index contributed by atoms with van der Waals surface area (Å²) in [6.07, 6.45) is 6.10. The van der Waals surface area contributed by atoms with E-state index in [4.69, 9.17) is 4.74 Å². The van der Waals surface area contributed by atoms with Gasteiger partial charge >= 0.3 is 0 Å². The lowest BCUT2D eigenvalue weighted by Gasteiger charge is -2.36. The number of benzene rings is 3. The second-order valence-electron chi connectivity index (χ2n) is 11.5. The molecule has 0 heterocycles. The van der Waals surface area contributed by atoms with Crippen LogP contribution in [0.3, 0.4) is 0 Å². The van der Waals surface area contributed by atoms with Crippen LogP contribution in [-0.4, -0.2) is 27.8 Å². The van der Waals surface area contributed by atoms with Crippen molar-refractivity contribution in [1.82, 2.24) is 0 Å². The minimum atomic E-state index is -0.724. The van der Waals surface area contributed by atoms with Crippen LogP contribution < -0.4 is 0 Å². The van der Waals surface area contributed by atoms with E-state index in [0.29, 0.717) is 6.61 Å². The van der Waals surface area contributed by atoms with Crippen molar-refractivity contribution in [3.05, 3.63) is 131 Å². The summed E-state index contributed by atoms with van der Waals surface area (Å²) in [6.45, 7) is 15.6. The van der Waals surface area contributed by atoms with Crippen molar-refractivity contribution in [3.8, 4) is 0 Å². The largest absolute Gasteiger partial charge is 0.388 e. The number of aliphatic hydroxyl groups is 1. The van der Waals surface area contributed by atoms with Crippen LogP contribution >= 0.6 is 11.8 Å². The topological polar surface area (TPSA) is 29.5 Å². The molecule has 0 aliphatic carbocycles. The fraction of sp³-hybridized carbons (Fsp3) is 0.389. The van der Waals surface area contributed by atoms with E-state index in [0.717, 1.165) is 22.3 Å². The van der Waals surface area contributed by atoms with Gasteiger partial charge in [0.1, 0.15) is 5.60 Å². The summed E-state index contributed by atoms with van der Waals surface area (Å²) in [5.41, 5.74) is 3.62. The monoisotopic (exact) mass is 542 g/mol. The lowest BCUT2D eigenvalue weighted by atomic mass is 9.80. The number of thioether (sulfide) groups is 1. The number of allylic oxidation sites excluding steroid dienone is 1. The third-order valence-corrected chi connectivity index (χ3v) is 8.73. The van der Waals surface area contributed by atoms with Gasteiger partial charge < -0.3 is 9.84 Å². The average Bonchev–Trinajstić information content (AvgIpc) is 2.95. The molecule has 208 valence electrons. The van der Waals surface area contributed by atoms with Crippen molar-refractivity contribution in [2.45, 2.75) is 70.2 Å². The Labute approximate surface area is 241 Å². The van der Waals surface area contributed by atoms with Crippen LogP contribution in [0.2, 0.25) is 0 Å². The zero-order valence-corrected chi connectivity index (χ0v) is 25.5. The van der Waals surface area contributed by atoms with Gasteiger partial charge in [0.15, 0.2) is 0 Å². The Balaban J connectivity index is 1.93. The van der Waals surface area contributed by atoms with Gasteiger partial charge in [0, 0.05) is 15.9 Å². The predicted molar refractivity (Wildman–Crippen MR) is 169 cm³/mol. The van der Waals surface area contributed by atoms with E-state index in [-0.39, 0.29) is 21.8 Å². The standard InChI is InChI=1S/C36H46O2S/c1-8-28(3)34(37)29(4)33(39-35(5,6)7)25-24-27(2)26-38-36(30-18-12-9-13-19-30,31-20-14-10-15-21-31)32-22-16-11-17-23-32/h8-25,27,29,33-34,37H,26H2,1-7H3/b25-24+,28-8+/t27-,29+,33+,34-/m1/s1. The Kier molecular flexibility index (Phi) is 11.2. The number of hydrogen-bond acceptors (Lipinski definition) is 3. The van der Waals surface area contributed by atoms with E-state index < -0.39 is 11.7 Å². The Morgan fingerprint density at radius 2 is 1.23 bits per heavy atom. The minimum absolute atomic E-state index is 0.0790. The Bertz CT molecular complexity index is 1080. The quantitative estimate of drug-likeness (QED) is 0.183. The van der Waals surface area contributed by atoms with E-state index in [2.05, 4.69) is 120 Å². The molecule has 0 amide bonds. The molecular weight excluding hydrogens is 496 g/mol. The first-order valence-corrected chi connectivity index (χ1v) is 14.9. The highest BCUT2D eigenvalue weighted by atomic mass is 32.2. The van der Waals surface area contributed by atoms with E-state index in [1.807, 2.05) is 49.9 Å². The molecule has 0 unspecified atom stereocenters. The van der Waals surface area contributed by atoms with E-state index in [1.54, 1.807) is 0 Å². The van der Waals surface area contributed by atoms with E-state index >= 15 is 0 Å². The Morgan fingerprint density at radius 1 is 0.795 bits per heavy atom. The molecule has 0 spiro atoms. The van der Waals surface area contributed by atoms with Gasteiger partial charge in [-0.2, -0.15) is 0 Å². The van der Waals surface area contributed by atoms with Crippen LogP contribution in [0.1, 0.15) is 65.2 Å². The van der Waals surface area contributed by atoms with Gasteiger partial charge in [-0.25, -0.2) is 0 Å². The number of rotatable bonds is 12. The fourth-order valence-corrected chi connectivity index (χ4v) is 6.22. The molecule has 0 fully saturated rings. The first-order chi connectivity index (χ1) is 18.6. The molecule has 0 radical (unpaired) electrons. The van der Waals surface area contributed by atoms with Crippen molar-refractivity contribution in [2.24, 2.45) is 11.8 Å². The van der Waals surface area contributed by atoms with Crippen LogP contribution in [0.5, 0.6) is 0 Å².